The summed E-state index contributed by atoms with van der Waals surface area (Å²) in [5.74, 6) is 1.02. The number of carbonyl (C=O) groups excluding carboxylic acids is 1. The molecular formula is C18H24N4O. The Kier molecular flexibility index (Phi) is 3.96. The van der Waals surface area contributed by atoms with Crippen LogP contribution in [-0.2, 0) is 18.4 Å². The van der Waals surface area contributed by atoms with E-state index in [9.17, 15) is 4.79 Å². The molecule has 1 N–H and O–H groups in total. The van der Waals surface area contributed by atoms with Crippen molar-refractivity contribution in [1.29, 1.82) is 0 Å². The first kappa shape index (κ1) is 15.7. The number of imidazole rings is 1. The number of amides is 1. The maximum atomic E-state index is 12.3. The number of carbonyl (C=O) groups is 1. The van der Waals surface area contributed by atoms with E-state index in [0.29, 0.717) is 5.69 Å². The summed E-state index contributed by atoms with van der Waals surface area (Å²) in [6.07, 6.45) is 3.93. The highest BCUT2D eigenvalue weighted by Gasteiger charge is 2.25. The van der Waals surface area contributed by atoms with Crippen LogP contribution in [0.5, 0.6) is 0 Å². The molecule has 0 aliphatic carbocycles. The fourth-order valence-electron chi connectivity index (χ4n) is 2.85. The molecule has 1 aliphatic heterocycles. The van der Waals surface area contributed by atoms with Crippen LogP contribution >= 0.6 is 0 Å². The van der Waals surface area contributed by atoms with Crippen LogP contribution in [0.2, 0.25) is 0 Å². The number of fused-ring (bicyclic) bond motifs is 1. The minimum atomic E-state index is -0.0988. The number of hydrogen-bond donors (Lipinski definition) is 1. The van der Waals surface area contributed by atoms with Crippen molar-refractivity contribution in [1.82, 2.24) is 19.9 Å². The van der Waals surface area contributed by atoms with Crippen LogP contribution in [0.3, 0.4) is 0 Å². The van der Waals surface area contributed by atoms with Gasteiger partial charge in [0.05, 0.1) is 5.69 Å². The van der Waals surface area contributed by atoms with E-state index in [1.165, 1.54) is 0 Å². The molecule has 0 saturated carbocycles. The van der Waals surface area contributed by atoms with Crippen molar-refractivity contribution in [2.75, 3.05) is 0 Å². The molecule has 0 spiro atoms. The van der Waals surface area contributed by atoms with Crippen LogP contribution in [0.4, 0.5) is 0 Å². The van der Waals surface area contributed by atoms with Crippen molar-refractivity contribution in [2.24, 2.45) is 0 Å². The van der Waals surface area contributed by atoms with Gasteiger partial charge in [-0.25, -0.2) is 9.97 Å². The summed E-state index contributed by atoms with van der Waals surface area (Å²) >= 11 is 0. The van der Waals surface area contributed by atoms with Crippen LogP contribution in [0.25, 0.3) is 0 Å². The largest absolute Gasteiger partial charge is 0.346 e. The Morgan fingerprint density at radius 3 is 2.78 bits per heavy atom. The maximum absolute atomic E-state index is 12.3. The Hall–Kier alpha value is -2.17. The van der Waals surface area contributed by atoms with Crippen LogP contribution in [0.15, 0.2) is 24.4 Å². The van der Waals surface area contributed by atoms with E-state index >= 15 is 0 Å². The van der Waals surface area contributed by atoms with Gasteiger partial charge in [-0.2, -0.15) is 0 Å². The predicted molar refractivity (Wildman–Crippen MR) is 89.5 cm³/mol. The number of hydrogen-bond acceptors (Lipinski definition) is 3. The molecule has 0 radical (unpaired) electrons. The third-order valence-electron chi connectivity index (χ3n) is 4.22. The third-order valence-corrected chi connectivity index (χ3v) is 4.22. The zero-order valence-electron chi connectivity index (χ0n) is 14.3. The summed E-state index contributed by atoms with van der Waals surface area (Å²) in [6.45, 7) is 9.18. The molecule has 1 amide bonds. The second kappa shape index (κ2) is 5.80. The lowest BCUT2D eigenvalue weighted by Crippen LogP contribution is -2.41. The van der Waals surface area contributed by atoms with Gasteiger partial charge >= 0.3 is 0 Å². The smallest absolute Gasteiger partial charge is 0.270 e. The van der Waals surface area contributed by atoms with E-state index in [0.717, 1.165) is 36.6 Å². The fourth-order valence-corrected chi connectivity index (χ4v) is 2.85. The molecule has 5 heteroatoms. The molecular weight excluding hydrogens is 288 g/mol. The first-order chi connectivity index (χ1) is 10.8. The van der Waals surface area contributed by atoms with Crippen molar-refractivity contribution in [3.05, 3.63) is 47.3 Å². The van der Waals surface area contributed by atoms with Crippen LogP contribution in [-0.4, -0.2) is 26.5 Å². The molecule has 5 nitrogen and oxygen atoms in total. The first-order valence-electron chi connectivity index (χ1n) is 8.14. The molecule has 122 valence electrons. The van der Waals surface area contributed by atoms with E-state index in [2.05, 4.69) is 41.8 Å². The summed E-state index contributed by atoms with van der Waals surface area (Å²) in [5, 5.41) is 3.10. The molecule has 1 atom stereocenters. The topological polar surface area (TPSA) is 59.8 Å². The van der Waals surface area contributed by atoms with Crippen molar-refractivity contribution < 1.29 is 4.79 Å². The van der Waals surface area contributed by atoms with Crippen LogP contribution in [0, 0.1) is 6.92 Å². The van der Waals surface area contributed by atoms with E-state index in [-0.39, 0.29) is 17.4 Å². The summed E-state index contributed by atoms with van der Waals surface area (Å²) in [5.41, 5.74) is 2.50. The van der Waals surface area contributed by atoms with Crippen molar-refractivity contribution in [3.8, 4) is 0 Å². The lowest BCUT2D eigenvalue weighted by atomic mass is 9.93. The number of rotatable bonds is 2. The maximum Gasteiger partial charge on any atom is 0.270 e. The minimum Gasteiger partial charge on any atom is -0.346 e. The number of aryl methyl sites for hydroxylation is 2. The molecule has 3 rings (SSSR count). The second-order valence-corrected chi connectivity index (χ2v) is 7.32. The van der Waals surface area contributed by atoms with Gasteiger partial charge in [0.25, 0.3) is 5.91 Å². The highest BCUT2D eigenvalue weighted by molar-refractivity contribution is 5.92. The molecule has 2 aromatic heterocycles. The van der Waals surface area contributed by atoms with Gasteiger partial charge in [0.2, 0.25) is 0 Å². The number of pyridine rings is 1. The van der Waals surface area contributed by atoms with Gasteiger partial charge < -0.3 is 9.88 Å². The molecule has 0 saturated heterocycles. The van der Waals surface area contributed by atoms with Gasteiger partial charge in [-0.1, -0.05) is 26.8 Å². The van der Waals surface area contributed by atoms with Crippen LogP contribution < -0.4 is 5.32 Å². The predicted octanol–water partition coefficient (Wildman–Crippen LogP) is 2.63. The molecule has 2 aromatic rings. The minimum absolute atomic E-state index is 0.0502. The lowest BCUT2D eigenvalue weighted by Gasteiger charge is -2.24. The highest BCUT2D eigenvalue weighted by atomic mass is 16.1. The Morgan fingerprint density at radius 1 is 1.30 bits per heavy atom. The zero-order chi connectivity index (χ0) is 16.6. The Morgan fingerprint density at radius 2 is 2.09 bits per heavy atom. The van der Waals surface area contributed by atoms with Gasteiger partial charge in [0, 0.05) is 36.3 Å². The van der Waals surface area contributed by atoms with Crippen LogP contribution in [0.1, 0.15) is 54.9 Å². The third kappa shape index (κ3) is 3.44. The number of nitrogens with one attached hydrogen (secondary N) is 1. The summed E-state index contributed by atoms with van der Waals surface area (Å²) in [6, 6.07) is 5.63. The summed E-state index contributed by atoms with van der Waals surface area (Å²) in [4.78, 5) is 21.4. The Labute approximate surface area is 137 Å². The standard InChI is InChI=1S/C18H24N4O/c1-12-6-5-7-14(19-12)17(23)20-13-8-9-16-21-15(18(2,3)4)11-22(16)10-13/h5-7,11,13H,8-10H2,1-4H3,(H,20,23)/t13-/m1/s1. The van der Waals surface area contributed by atoms with E-state index in [4.69, 9.17) is 4.98 Å². The van der Waals surface area contributed by atoms with Gasteiger partial charge in [0.1, 0.15) is 11.5 Å². The zero-order valence-corrected chi connectivity index (χ0v) is 14.3. The highest BCUT2D eigenvalue weighted by Crippen LogP contribution is 2.24. The lowest BCUT2D eigenvalue weighted by molar-refractivity contribution is 0.0922. The van der Waals surface area contributed by atoms with Crippen molar-refractivity contribution in [2.45, 2.75) is 58.5 Å². The quantitative estimate of drug-likeness (QED) is 0.927. The number of aromatic nitrogens is 3. The first-order valence-corrected chi connectivity index (χ1v) is 8.14. The summed E-state index contributed by atoms with van der Waals surface area (Å²) < 4.78 is 2.18. The summed E-state index contributed by atoms with van der Waals surface area (Å²) in [7, 11) is 0. The number of nitrogens with zero attached hydrogens (tertiary/aromatic N) is 3. The Balaban J connectivity index is 1.70. The monoisotopic (exact) mass is 312 g/mol. The average molecular weight is 312 g/mol. The van der Waals surface area contributed by atoms with E-state index in [1.807, 2.05) is 19.1 Å². The van der Waals surface area contributed by atoms with Gasteiger partial charge in [-0.15, -0.1) is 0 Å². The van der Waals surface area contributed by atoms with Crippen molar-refractivity contribution >= 4 is 5.91 Å². The molecule has 0 aromatic carbocycles. The van der Waals surface area contributed by atoms with E-state index in [1.54, 1.807) is 6.07 Å². The molecule has 0 unspecified atom stereocenters. The van der Waals surface area contributed by atoms with Gasteiger partial charge in [-0.05, 0) is 25.5 Å². The second-order valence-electron chi connectivity index (χ2n) is 7.32. The molecule has 0 fully saturated rings. The SMILES string of the molecule is Cc1cccc(C(=O)N[C@@H]2CCc3nc(C(C)(C)C)cn3C2)n1. The van der Waals surface area contributed by atoms with Gasteiger partial charge in [-0.3, -0.25) is 4.79 Å². The molecule has 23 heavy (non-hydrogen) atoms. The normalized spacial score (nSPS) is 17.7. The average Bonchev–Trinajstić information content (AvgIpc) is 2.90. The molecule has 3 heterocycles. The fraction of sp³-hybridized carbons (Fsp3) is 0.500. The van der Waals surface area contributed by atoms with Crippen molar-refractivity contribution in [3.63, 3.8) is 0 Å². The Bertz CT molecular complexity index is 727. The van der Waals surface area contributed by atoms with E-state index < -0.39 is 0 Å². The van der Waals surface area contributed by atoms with Gasteiger partial charge in [0.15, 0.2) is 0 Å². The molecule has 0 bridgehead atoms. The molecule has 1 aliphatic rings.